The Balaban J connectivity index is 1.65. The zero-order chi connectivity index (χ0) is 23.8. The Labute approximate surface area is 195 Å². The van der Waals surface area contributed by atoms with Crippen molar-refractivity contribution in [2.24, 2.45) is 0 Å². The number of carbonyl (C=O) groups is 1. The van der Waals surface area contributed by atoms with Crippen LogP contribution >= 0.6 is 0 Å². The molecule has 1 aliphatic rings. The van der Waals surface area contributed by atoms with E-state index in [0.717, 1.165) is 17.6 Å². The lowest BCUT2D eigenvalue weighted by molar-refractivity contribution is 0.130. The van der Waals surface area contributed by atoms with Gasteiger partial charge in [-0.3, -0.25) is 4.98 Å². The third-order valence-electron chi connectivity index (χ3n) is 6.22. The number of pyridine rings is 2. The minimum atomic E-state index is -0.971. The molecule has 0 saturated carbocycles. The van der Waals surface area contributed by atoms with Crippen LogP contribution in [0, 0.1) is 12.7 Å². The van der Waals surface area contributed by atoms with Crippen LogP contribution in [0.15, 0.2) is 48.9 Å². The van der Waals surface area contributed by atoms with Crippen LogP contribution in [0.25, 0.3) is 28.2 Å². The number of aromatic nitrogens is 5. The third kappa shape index (κ3) is 3.91. The lowest BCUT2D eigenvalue weighted by atomic mass is 10.0. The number of rotatable bonds is 4. The molecule has 5 rings (SSSR count). The predicted molar refractivity (Wildman–Crippen MR) is 125 cm³/mol. The van der Waals surface area contributed by atoms with E-state index in [2.05, 4.69) is 20.1 Å². The molecule has 4 aromatic rings. The van der Waals surface area contributed by atoms with E-state index in [9.17, 15) is 9.90 Å². The van der Waals surface area contributed by atoms with Crippen molar-refractivity contribution < 1.29 is 14.3 Å². The third-order valence-corrected chi connectivity index (χ3v) is 6.22. The number of aryl methyl sites for hydroxylation is 1. The monoisotopic (exact) mass is 461 g/mol. The molecule has 1 fully saturated rings. The van der Waals surface area contributed by atoms with Crippen LogP contribution in [0.2, 0.25) is 0 Å². The number of carboxylic acid groups (broad SMARTS) is 1. The summed E-state index contributed by atoms with van der Waals surface area (Å²) >= 11 is 0. The van der Waals surface area contributed by atoms with E-state index in [-0.39, 0.29) is 24.1 Å². The highest BCUT2D eigenvalue weighted by atomic mass is 19.1. The summed E-state index contributed by atoms with van der Waals surface area (Å²) in [5.41, 5.74) is 2.98. The van der Waals surface area contributed by atoms with Crippen LogP contribution in [0.5, 0.6) is 0 Å². The summed E-state index contributed by atoms with van der Waals surface area (Å²) in [6, 6.07) is 8.96. The fraction of sp³-hybridized carbons (Fsp3) is 0.292. The van der Waals surface area contributed by atoms with Gasteiger partial charge in [-0.05, 0) is 44.0 Å². The summed E-state index contributed by atoms with van der Waals surface area (Å²) in [7, 11) is 1.75. The minimum absolute atomic E-state index is 0.127. The SMILES string of the molecule is Cc1cc(-c2nc(-c3cnn4ccccc34)nc(N(C)[C@@H]3CCCN(C(=O)O)C3)c2F)ccn1. The zero-order valence-corrected chi connectivity index (χ0v) is 18.9. The van der Waals surface area contributed by atoms with Gasteiger partial charge >= 0.3 is 6.09 Å². The van der Waals surface area contributed by atoms with Crippen LogP contribution < -0.4 is 4.90 Å². The Kier molecular flexibility index (Phi) is 5.56. The molecule has 9 nitrogen and oxygen atoms in total. The molecule has 5 heterocycles. The van der Waals surface area contributed by atoms with Gasteiger partial charge in [-0.2, -0.15) is 5.10 Å². The van der Waals surface area contributed by atoms with Crippen molar-refractivity contribution in [3.63, 3.8) is 0 Å². The first-order chi connectivity index (χ1) is 16.4. The fourth-order valence-corrected chi connectivity index (χ4v) is 4.40. The van der Waals surface area contributed by atoms with Gasteiger partial charge in [0.15, 0.2) is 17.5 Å². The zero-order valence-electron chi connectivity index (χ0n) is 18.9. The molecule has 1 saturated heterocycles. The molecule has 0 bridgehead atoms. The van der Waals surface area contributed by atoms with Crippen LogP contribution in [0.1, 0.15) is 18.5 Å². The van der Waals surface area contributed by atoms with Crippen LogP contribution in [0.3, 0.4) is 0 Å². The van der Waals surface area contributed by atoms with Gasteiger partial charge in [-0.25, -0.2) is 23.7 Å². The molecular formula is C24H24FN7O2. The van der Waals surface area contributed by atoms with Crippen molar-refractivity contribution in [3.8, 4) is 22.6 Å². The summed E-state index contributed by atoms with van der Waals surface area (Å²) < 4.78 is 17.7. The molecule has 174 valence electrons. The van der Waals surface area contributed by atoms with Crippen molar-refractivity contribution in [1.82, 2.24) is 29.5 Å². The first kappa shape index (κ1) is 21.7. The van der Waals surface area contributed by atoms with Crippen LogP contribution in [0.4, 0.5) is 15.0 Å². The van der Waals surface area contributed by atoms with E-state index in [0.29, 0.717) is 29.9 Å². The number of halogens is 1. The van der Waals surface area contributed by atoms with E-state index in [1.165, 1.54) is 4.90 Å². The number of anilines is 1. The summed E-state index contributed by atoms with van der Waals surface area (Å²) in [5, 5.41) is 13.8. The number of hydrogen-bond donors (Lipinski definition) is 1. The van der Waals surface area contributed by atoms with Gasteiger partial charge in [-0.15, -0.1) is 0 Å². The second-order valence-corrected chi connectivity index (χ2v) is 8.44. The van der Waals surface area contributed by atoms with E-state index >= 15 is 4.39 Å². The van der Waals surface area contributed by atoms with E-state index in [4.69, 9.17) is 0 Å². The first-order valence-corrected chi connectivity index (χ1v) is 11.1. The molecule has 1 N–H and O–H groups in total. The highest BCUT2D eigenvalue weighted by Gasteiger charge is 2.30. The maximum absolute atomic E-state index is 15.9. The number of amides is 1. The molecule has 0 spiro atoms. The van der Waals surface area contributed by atoms with Crippen molar-refractivity contribution in [2.45, 2.75) is 25.8 Å². The van der Waals surface area contributed by atoms with E-state index in [1.54, 1.807) is 41.0 Å². The number of likely N-dealkylation sites (N-methyl/N-ethyl adjacent to an activating group) is 1. The van der Waals surface area contributed by atoms with Crippen LogP contribution in [-0.2, 0) is 0 Å². The fourth-order valence-electron chi connectivity index (χ4n) is 4.40. The summed E-state index contributed by atoms with van der Waals surface area (Å²) in [6.45, 7) is 2.59. The quantitative estimate of drug-likeness (QED) is 0.492. The van der Waals surface area contributed by atoms with Crippen molar-refractivity contribution in [2.75, 3.05) is 25.0 Å². The molecule has 1 atom stereocenters. The maximum atomic E-state index is 15.9. The molecule has 0 radical (unpaired) electrons. The Morgan fingerprint density at radius 2 is 2.12 bits per heavy atom. The lowest BCUT2D eigenvalue weighted by Gasteiger charge is -2.37. The van der Waals surface area contributed by atoms with Crippen LogP contribution in [-0.4, -0.2) is 66.8 Å². The van der Waals surface area contributed by atoms with Gasteiger partial charge in [0.1, 0.15) is 5.69 Å². The Morgan fingerprint density at radius 1 is 1.26 bits per heavy atom. The number of piperidine rings is 1. The van der Waals surface area contributed by atoms with Crippen molar-refractivity contribution in [3.05, 3.63) is 60.4 Å². The molecule has 4 aromatic heterocycles. The molecule has 34 heavy (non-hydrogen) atoms. The number of hydrogen-bond acceptors (Lipinski definition) is 6. The van der Waals surface area contributed by atoms with Gasteiger partial charge < -0.3 is 14.9 Å². The number of likely N-dealkylation sites (tertiary alicyclic amines) is 1. The summed E-state index contributed by atoms with van der Waals surface area (Å²) in [6.07, 6.45) is 5.58. The van der Waals surface area contributed by atoms with E-state index in [1.807, 2.05) is 31.3 Å². The van der Waals surface area contributed by atoms with Crippen molar-refractivity contribution >= 4 is 17.4 Å². The van der Waals surface area contributed by atoms with Gasteiger partial charge in [-0.1, -0.05) is 6.07 Å². The largest absolute Gasteiger partial charge is 0.465 e. The average molecular weight is 462 g/mol. The maximum Gasteiger partial charge on any atom is 0.407 e. The van der Waals surface area contributed by atoms with E-state index < -0.39 is 11.9 Å². The Bertz CT molecular complexity index is 1370. The summed E-state index contributed by atoms with van der Waals surface area (Å²) in [4.78, 5) is 28.1. The van der Waals surface area contributed by atoms with Gasteiger partial charge in [0.25, 0.3) is 0 Å². The predicted octanol–water partition coefficient (Wildman–Crippen LogP) is 3.88. The first-order valence-electron chi connectivity index (χ1n) is 11.1. The molecule has 0 aliphatic carbocycles. The molecular weight excluding hydrogens is 437 g/mol. The van der Waals surface area contributed by atoms with Gasteiger partial charge in [0.2, 0.25) is 0 Å². The van der Waals surface area contributed by atoms with Gasteiger partial charge in [0.05, 0.1) is 17.3 Å². The van der Waals surface area contributed by atoms with Gasteiger partial charge in [0, 0.05) is 49.8 Å². The topological polar surface area (TPSA) is 99.8 Å². The Hall–Kier alpha value is -4.08. The standard InChI is InChI=1S/C24H24FN7O2/c1-15-12-16(8-9-26-15)21-20(25)23(30(2)17-6-5-10-31(14-17)24(33)34)29-22(28-21)18-13-27-32-11-4-3-7-19(18)32/h3-4,7-9,11-13,17H,5-6,10,14H2,1-2H3,(H,33,34)/t17-/m1/s1. The minimum Gasteiger partial charge on any atom is -0.465 e. The number of nitrogens with zero attached hydrogens (tertiary/aromatic N) is 7. The molecule has 1 amide bonds. The molecule has 0 aromatic carbocycles. The average Bonchev–Trinajstić information content (AvgIpc) is 3.28. The number of fused-ring (bicyclic) bond motifs is 1. The lowest BCUT2D eigenvalue weighted by Crippen LogP contribution is -2.48. The molecule has 1 aliphatic heterocycles. The molecule has 10 heteroatoms. The van der Waals surface area contributed by atoms with Crippen molar-refractivity contribution in [1.29, 1.82) is 0 Å². The second kappa shape index (κ2) is 8.69. The molecule has 0 unspecified atom stereocenters. The highest BCUT2D eigenvalue weighted by molar-refractivity contribution is 5.78. The smallest absolute Gasteiger partial charge is 0.407 e. The summed E-state index contributed by atoms with van der Waals surface area (Å²) in [5.74, 6) is -0.0810. The highest BCUT2D eigenvalue weighted by Crippen LogP contribution is 2.33. The Morgan fingerprint density at radius 3 is 2.91 bits per heavy atom. The normalized spacial score (nSPS) is 16.1. The second-order valence-electron chi connectivity index (χ2n) is 8.44.